The molecule has 62 valence electrons. The molecule has 0 fully saturated rings. The van der Waals surface area contributed by atoms with Gasteiger partial charge in [0.15, 0.2) is 0 Å². The lowest BCUT2D eigenvalue weighted by Gasteiger charge is -1.94. The van der Waals surface area contributed by atoms with Gasteiger partial charge in [0.2, 0.25) is 0 Å². The van der Waals surface area contributed by atoms with E-state index in [0.29, 0.717) is 0 Å². The second kappa shape index (κ2) is 5.96. The predicted molar refractivity (Wildman–Crippen MR) is 52.6 cm³/mol. The maximum atomic E-state index is 2.20. The smallest absolute Gasteiger partial charge is 0.00916 e. The van der Waals surface area contributed by atoms with Crippen LogP contribution in [-0.2, 0) is 0 Å². The minimum Gasteiger partial charge on any atom is -0.0835 e. The summed E-state index contributed by atoms with van der Waals surface area (Å²) in [7, 11) is 0. The average Bonchev–Trinajstić information content (AvgIpc) is 2.54. The van der Waals surface area contributed by atoms with Gasteiger partial charge in [0.25, 0.3) is 0 Å². The lowest BCUT2D eigenvalue weighted by atomic mass is 10.1. The standard InChI is InChI=1S/C9H12.C2H6/c1-3-8-6-5-7-9(8)4-2;1-2/h3-6H,7H2,1-2H3;1-2H3/b8-3-,9-4-;. The van der Waals surface area contributed by atoms with E-state index in [0.717, 1.165) is 6.42 Å². The Bertz CT molecular complexity index is 180. The molecule has 0 aromatic rings. The molecular formula is C11H18. The van der Waals surface area contributed by atoms with Gasteiger partial charge in [0.05, 0.1) is 0 Å². The van der Waals surface area contributed by atoms with Crippen LogP contribution in [0.5, 0.6) is 0 Å². The molecule has 0 aromatic carbocycles. The maximum Gasteiger partial charge on any atom is -0.00916 e. The molecule has 0 atom stereocenters. The molecule has 0 heteroatoms. The Morgan fingerprint density at radius 3 is 2.18 bits per heavy atom. The molecule has 1 aliphatic rings. The van der Waals surface area contributed by atoms with Gasteiger partial charge in [0, 0.05) is 0 Å². The third-order valence-electron chi connectivity index (χ3n) is 1.67. The van der Waals surface area contributed by atoms with E-state index < -0.39 is 0 Å². The monoisotopic (exact) mass is 150 g/mol. The molecule has 0 bridgehead atoms. The molecular weight excluding hydrogens is 132 g/mol. The number of hydrogen-bond acceptors (Lipinski definition) is 0. The fourth-order valence-electron chi connectivity index (χ4n) is 1.10. The van der Waals surface area contributed by atoms with Gasteiger partial charge in [0.1, 0.15) is 0 Å². The first-order chi connectivity index (χ1) is 5.38. The van der Waals surface area contributed by atoms with E-state index >= 15 is 0 Å². The van der Waals surface area contributed by atoms with Crippen molar-refractivity contribution >= 4 is 0 Å². The summed E-state index contributed by atoms with van der Waals surface area (Å²) in [5.74, 6) is 0. The highest BCUT2D eigenvalue weighted by atomic mass is 14.1. The second-order valence-electron chi connectivity index (χ2n) is 2.16. The molecule has 0 saturated carbocycles. The van der Waals surface area contributed by atoms with Crippen LogP contribution in [0.2, 0.25) is 0 Å². The number of hydrogen-bond donors (Lipinski definition) is 0. The molecule has 11 heavy (non-hydrogen) atoms. The lowest BCUT2D eigenvalue weighted by molar-refractivity contribution is 1.29. The van der Waals surface area contributed by atoms with Gasteiger partial charge in [-0.2, -0.15) is 0 Å². The van der Waals surface area contributed by atoms with Gasteiger partial charge >= 0.3 is 0 Å². The zero-order valence-electron chi connectivity index (χ0n) is 8.02. The third kappa shape index (κ3) is 2.75. The van der Waals surface area contributed by atoms with Crippen LogP contribution in [0.3, 0.4) is 0 Å². The van der Waals surface area contributed by atoms with Gasteiger partial charge in [-0.05, 0) is 31.4 Å². The molecule has 1 rings (SSSR count). The van der Waals surface area contributed by atoms with Gasteiger partial charge < -0.3 is 0 Å². The molecule has 0 saturated heterocycles. The summed E-state index contributed by atoms with van der Waals surface area (Å²) in [4.78, 5) is 0. The van der Waals surface area contributed by atoms with Crippen LogP contribution in [-0.4, -0.2) is 0 Å². The Kier molecular flexibility index (Phi) is 5.54. The minimum atomic E-state index is 1.12. The quantitative estimate of drug-likeness (QED) is 0.492. The van der Waals surface area contributed by atoms with Crippen LogP contribution in [0.15, 0.2) is 35.5 Å². The zero-order chi connectivity index (χ0) is 8.69. The van der Waals surface area contributed by atoms with Crippen LogP contribution in [0.25, 0.3) is 0 Å². The fourth-order valence-corrected chi connectivity index (χ4v) is 1.10. The molecule has 0 spiro atoms. The van der Waals surface area contributed by atoms with Crippen LogP contribution in [0.4, 0.5) is 0 Å². The van der Waals surface area contributed by atoms with E-state index in [4.69, 9.17) is 0 Å². The molecule has 1 aliphatic carbocycles. The lowest BCUT2D eigenvalue weighted by Crippen LogP contribution is -1.75. The van der Waals surface area contributed by atoms with Crippen LogP contribution >= 0.6 is 0 Å². The largest absolute Gasteiger partial charge is 0.0835 e. The molecule has 0 N–H and O–H groups in total. The number of rotatable bonds is 0. The Morgan fingerprint density at radius 1 is 1.18 bits per heavy atom. The number of allylic oxidation sites excluding steroid dienone is 6. The van der Waals surface area contributed by atoms with Crippen molar-refractivity contribution in [2.24, 2.45) is 0 Å². The molecule has 0 unspecified atom stereocenters. The van der Waals surface area contributed by atoms with Crippen LogP contribution < -0.4 is 0 Å². The van der Waals surface area contributed by atoms with Crippen molar-refractivity contribution in [3.05, 3.63) is 35.5 Å². The summed E-state index contributed by atoms with van der Waals surface area (Å²) >= 11 is 0. The van der Waals surface area contributed by atoms with Crippen molar-refractivity contribution in [2.45, 2.75) is 34.1 Å². The highest BCUT2D eigenvalue weighted by Crippen LogP contribution is 2.22. The molecule has 0 amide bonds. The Balaban J connectivity index is 0.000000461. The molecule has 0 aromatic heterocycles. The summed E-state index contributed by atoms with van der Waals surface area (Å²) in [6.07, 6.45) is 9.82. The van der Waals surface area contributed by atoms with Gasteiger partial charge in [-0.15, -0.1) is 0 Å². The van der Waals surface area contributed by atoms with Gasteiger partial charge in [-0.3, -0.25) is 0 Å². The van der Waals surface area contributed by atoms with Crippen molar-refractivity contribution in [3.63, 3.8) is 0 Å². The first kappa shape index (κ1) is 10.2. The summed E-state index contributed by atoms with van der Waals surface area (Å²) in [6.45, 7) is 8.17. The summed E-state index contributed by atoms with van der Waals surface area (Å²) in [5.41, 5.74) is 2.84. The highest BCUT2D eigenvalue weighted by molar-refractivity contribution is 5.45. The van der Waals surface area contributed by atoms with E-state index in [2.05, 4.69) is 38.2 Å². The second-order valence-corrected chi connectivity index (χ2v) is 2.16. The van der Waals surface area contributed by atoms with Gasteiger partial charge in [-0.25, -0.2) is 0 Å². The summed E-state index contributed by atoms with van der Waals surface area (Å²) < 4.78 is 0. The summed E-state index contributed by atoms with van der Waals surface area (Å²) in [6, 6.07) is 0. The minimum absolute atomic E-state index is 1.12. The van der Waals surface area contributed by atoms with Crippen LogP contribution in [0, 0.1) is 0 Å². The van der Waals surface area contributed by atoms with Crippen molar-refractivity contribution < 1.29 is 0 Å². The Labute approximate surface area is 70.3 Å². The average molecular weight is 150 g/mol. The maximum absolute atomic E-state index is 2.20. The molecule has 0 radical (unpaired) electrons. The predicted octanol–water partition coefficient (Wildman–Crippen LogP) is 3.87. The van der Waals surface area contributed by atoms with Crippen molar-refractivity contribution in [3.8, 4) is 0 Å². The first-order valence-corrected chi connectivity index (χ1v) is 4.37. The Hall–Kier alpha value is -0.780. The van der Waals surface area contributed by atoms with E-state index in [1.807, 2.05) is 13.8 Å². The van der Waals surface area contributed by atoms with Crippen molar-refractivity contribution in [1.82, 2.24) is 0 Å². The zero-order valence-corrected chi connectivity index (χ0v) is 8.02. The molecule has 0 aliphatic heterocycles. The first-order valence-electron chi connectivity index (χ1n) is 4.37. The highest BCUT2D eigenvalue weighted by Gasteiger charge is 2.02. The SMILES string of the molecule is C/C=C1/C=CC/C1=C/C.CC. The fraction of sp³-hybridized carbons (Fsp3) is 0.455. The topological polar surface area (TPSA) is 0 Å². The normalized spacial score (nSPS) is 22.2. The van der Waals surface area contributed by atoms with E-state index in [-0.39, 0.29) is 0 Å². The van der Waals surface area contributed by atoms with E-state index in [9.17, 15) is 0 Å². The van der Waals surface area contributed by atoms with E-state index in [1.54, 1.807) is 0 Å². The third-order valence-corrected chi connectivity index (χ3v) is 1.67. The van der Waals surface area contributed by atoms with Crippen LogP contribution in [0.1, 0.15) is 34.1 Å². The molecule has 0 heterocycles. The summed E-state index contributed by atoms with van der Waals surface area (Å²) in [5, 5.41) is 0. The Morgan fingerprint density at radius 2 is 1.82 bits per heavy atom. The van der Waals surface area contributed by atoms with Crippen molar-refractivity contribution in [2.75, 3.05) is 0 Å². The van der Waals surface area contributed by atoms with Crippen molar-refractivity contribution in [1.29, 1.82) is 0 Å². The molecule has 0 nitrogen and oxygen atoms in total. The van der Waals surface area contributed by atoms with E-state index in [1.165, 1.54) is 11.1 Å². The van der Waals surface area contributed by atoms with Gasteiger partial charge in [-0.1, -0.05) is 38.2 Å².